The molecule has 3 rings (SSSR count). The SMILES string of the molecule is N#CC1CCCN1C(=O)CNC1CC2CC[C@](N)(C2)C1. The Labute approximate surface area is 120 Å². The van der Waals surface area contributed by atoms with Crippen molar-refractivity contribution < 1.29 is 4.79 Å². The highest BCUT2D eigenvalue weighted by Gasteiger charge is 2.43. The third kappa shape index (κ3) is 2.68. The molecule has 3 aliphatic rings. The molecule has 3 N–H and O–H groups in total. The largest absolute Gasteiger partial charge is 0.326 e. The molecule has 0 radical (unpaired) electrons. The number of rotatable bonds is 3. The van der Waals surface area contributed by atoms with E-state index in [-0.39, 0.29) is 17.5 Å². The smallest absolute Gasteiger partial charge is 0.237 e. The lowest BCUT2D eigenvalue weighted by Crippen LogP contribution is -2.50. The molecule has 20 heavy (non-hydrogen) atoms. The van der Waals surface area contributed by atoms with Crippen LogP contribution in [0.25, 0.3) is 0 Å². The first-order valence-corrected chi connectivity index (χ1v) is 7.81. The summed E-state index contributed by atoms with van der Waals surface area (Å²) in [6.07, 6.45) is 7.42. The van der Waals surface area contributed by atoms with E-state index in [1.807, 2.05) is 0 Å². The van der Waals surface area contributed by atoms with E-state index >= 15 is 0 Å². The normalized spacial score (nSPS) is 39.8. The molecule has 1 heterocycles. The number of nitrogens with zero attached hydrogens (tertiary/aromatic N) is 2. The molecular weight excluding hydrogens is 252 g/mol. The predicted molar refractivity (Wildman–Crippen MR) is 75.6 cm³/mol. The van der Waals surface area contributed by atoms with Crippen molar-refractivity contribution in [1.29, 1.82) is 5.26 Å². The number of hydrogen-bond acceptors (Lipinski definition) is 4. The van der Waals surface area contributed by atoms with Crippen LogP contribution in [0.4, 0.5) is 0 Å². The van der Waals surface area contributed by atoms with Gasteiger partial charge in [0.15, 0.2) is 0 Å². The fraction of sp³-hybridized carbons (Fsp3) is 0.867. The minimum absolute atomic E-state index is 0.00641. The number of likely N-dealkylation sites (tertiary alicyclic amines) is 1. The molecule has 0 aromatic rings. The summed E-state index contributed by atoms with van der Waals surface area (Å²) in [7, 11) is 0. The van der Waals surface area contributed by atoms with Crippen molar-refractivity contribution in [3.63, 3.8) is 0 Å². The number of nitrogens with two attached hydrogens (primary N) is 1. The van der Waals surface area contributed by atoms with Gasteiger partial charge in [-0.25, -0.2) is 0 Å². The highest BCUT2D eigenvalue weighted by Crippen LogP contribution is 2.43. The third-order valence-electron chi connectivity index (χ3n) is 5.28. The molecule has 0 spiro atoms. The van der Waals surface area contributed by atoms with Crippen LogP contribution in [0, 0.1) is 17.2 Å². The van der Waals surface area contributed by atoms with Gasteiger partial charge >= 0.3 is 0 Å². The molecule has 0 aromatic carbocycles. The van der Waals surface area contributed by atoms with E-state index in [1.165, 1.54) is 6.42 Å². The minimum Gasteiger partial charge on any atom is -0.326 e. The van der Waals surface area contributed by atoms with Crippen molar-refractivity contribution in [3.8, 4) is 6.07 Å². The highest BCUT2D eigenvalue weighted by atomic mass is 16.2. The maximum Gasteiger partial charge on any atom is 0.237 e. The molecule has 2 saturated carbocycles. The minimum atomic E-state index is -0.215. The summed E-state index contributed by atoms with van der Waals surface area (Å²) in [5, 5.41) is 12.4. The van der Waals surface area contributed by atoms with E-state index in [1.54, 1.807) is 4.90 Å². The van der Waals surface area contributed by atoms with E-state index in [0.29, 0.717) is 12.6 Å². The van der Waals surface area contributed by atoms with Crippen LogP contribution >= 0.6 is 0 Å². The standard InChI is InChI=1S/C15H24N4O/c16-9-13-2-1-5-19(13)14(20)10-18-12-6-11-3-4-15(17,7-11)8-12/h11-13,18H,1-8,10,17H2/t11?,12?,13?,15-/m0/s1. The Kier molecular flexibility index (Phi) is 3.70. The topological polar surface area (TPSA) is 82.2 Å². The molecule has 4 atom stereocenters. The molecule has 1 amide bonds. The Bertz CT molecular complexity index is 432. The van der Waals surface area contributed by atoms with E-state index < -0.39 is 0 Å². The second-order valence-corrected chi connectivity index (χ2v) is 6.86. The van der Waals surface area contributed by atoms with Crippen molar-refractivity contribution in [2.75, 3.05) is 13.1 Å². The molecule has 5 nitrogen and oxygen atoms in total. The van der Waals surface area contributed by atoms with Gasteiger partial charge in [-0.15, -0.1) is 0 Å². The van der Waals surface area contributed by atoms with E-state index in [9.17, 15) is 4.79 Å². The first-order valence-electron chi connectivity index (χ1n) is 7.81. The average molecular weight is 276 g/mol. The summed E-state index contributed by atoms with van der Waals surface area (Å²) < 4.78 is 0. The third-order valence-corrected chi connectivity index (χ3v) is 5.28. The number of hydrogen-bond donors (Lipinski definition) is 2. The van der Waals surface area contributed by atoms with Crippen LogP contribution in [0.15, 0.2) is 0 Å². The van der Waals surface area contributed by atoms with Gasteiger partial charge < -0.3 is 16.0 Å². The fourth-order valence-electron chi connectivity index (χ4n) is 4.32. The summed E-state index contributed by atoms with van der Waals surface area (Å²) in [4.78, 5) is 13.9. The summed E-state index contributed by atoms with van der Waals surface area (Å²) in [6.45, 7) is 1.08. The number of fused-ring (bicyclic) bond motifs is 2. The molecule has 1 aliphatic heterocycles. The van der Waals surface area contributed by atoms with E-state index in [2.05, 4.69) is 11.4 Å². The van der Waals surface area contributed by atoms with Gasteiger partial charge in [0.25, 0.3) is 0 Å². The molecule has 2 bridgehead atoms. The van der Waals surface area contributed by atoms with Gasteiger partial charge in [0.1, 0.15) is 6.04 Å². The molecule has 3 fully saturated rings. The van der Waals surface area contributed by atoms with Gasteiger partial charge in [-0.05, 0) is 50.9 Å². The Morgan fingerprint density at radius 1 is 1.45 bits per heavy atom. The Balaban J connectivity index is 1.50. The predicted octanol–water partition coefficient (Wildman–Crippen LogP) is 0.751. The number of carbonyl (C=O) groups excluding carboxylic acids is 1. The van der Waals surface area contributed by atoms with Crippen LogP contribution < -0.4 is 11.1 Å². The maximum atomic E-state index is 12.2. The lowest BCUT2D eigenvalue weighted by molar-refractivity contribution is -0.130. The van der Waals surface area contributed by atoms with Gasteiger partial charge in [0, 0.05) is 18.1 Å². The molecule has 1 saturated heterocycles. The fourth-order valence-corrected chi connectivity index (χ4v) is 4.32. The zero-order valence-corrected chi connectivity index (χ0v) is 12.0. The van der Waals surface area contributed by atoms with E-state index in [0.717, 1.165) is 51.0 Å². The van der Waals surface area contributed by atoms with Crippen LogP contribution in [0.5, 0.6) is 0 Å². The number of nitrogens with one attached hydrogen (secondary N) is 1. The zero-order valence-electron chi connectivity index (χ0n) is 12.0. The number of carbonyl (C=O) groups is 1. The Morgan fingerprint density at radius 2 is 2.30 bits per heavy atom. The number of amides is 1. The summed E-state index contributed by atoms with van der Waals surface area (Å²) >= 11 is 0. The Hall–Kier alpha value is -1.12. The van der Waals surface area contributed by atoms with Gasteiger partial charge in [0.05, 0.1) is 12.6 Å². The van der Waals surface area contributed by atoms with Crippen LogP contribution in [0.1, 0.15) is 44.9 Å². The maximum absolute atomic E-state index is 12.2. The van der Waals surface area contributed by atoms with E-state index in [4.69, 9.17) is 11.0 Å². The number of nitriles is 1. The van der Waals surface area contributed by atoms with Gasteiger partial charge in [-0.1, -0.05) is 0 Å². The van der Waals surface area contributed by atoms with Crippen molar-refractivity contribution in [1.82, 2.24) is 10.2 Å². The molecule has 110 valence electrons. The van der Waals surface area contributed by atoms with Crippen LogP contribution in [-0.4, -0.2) is 41.5 Å². The second-order valence-electron chi connectivity index (χ2n) is 6.86. The monoisotopic (exact) mass is 276 g/mol. The van der Waals surface area contributed by atoms with Gasteiger partial charge in [-0.3, -0.25) is 4.79 Å². The first kappa shape index (κ1) is 13.8. The molecular formula is C15H24N4O. The summed E-state index contributed by atoms with van der Waals surface area (Å²) in [6, 6.07) is 2.37. The quantitative estimate of drug-likeness (QED) is 0.797. The van der Waals surface area contributed by atoms with Crippen LogP contribution in [0.3, 0.4) is 0 Å². The van der Waals surface area contributed by atoms with Gasteiger partial charge in [-0.2, -0.15) is 5.26 Å². The second kappa shape index (κ2) is 5.34. The lowest BCUT2D eigenvalue weighted by atomic mass is 9.80. The summed E-state index contributed by atoms with van der Waals surface area (Å²) in [5.41, 5.74) is 6.39. The zero-order chi connectivity index (χ0) is 14.2. The molecule has 3 unspecified atom stereocenters. The molecule has 5 heteroatoms. The van der Waals surface area contributed by atoms with Crippen molar-refractivity contribution in [2.24, 2.45) is 11.7 Å². The van der Waals surface area contributed by atoms with Gasteiger partial charge in [0.2, 0.25) is 5.91 Å². The lowest BCUT2D eigenvalue weighted by Gasteiger charge is -2.35. The van der Waals surface area contributed by atoms with Crippen molar-refractivity contribution >= 4 is 5.91 Å². The van der Waals surface area contributed by atoms with Crippen LogP contribution in [0.2, 0.25) is 0 Å². The van der Waals surface area contributed by atoms with Crippen molar-refractivity contribution in [2.45, 2.75) is 62.6 Å². The van der Waals surface area contributed by atoms with Crippen LogP contribution in [-0.2, 0) is 4.79 Å². The average Bonchev–Trinajstić information content (AvgIpc) is 3.00. The molecule has 0 aromatic heterocycles. The highest BCUT2D eigenvalue weighted by molar-refractivity contribution is 5.79. The first-order chi connectivity index (χ1) is 9.59. The molecule has 2 aliphatic carbocycles. The summed E-state index contributed by atoms with van der Waals surface area (Å²) in [5.74, 6) is 0.804. The Morgan fingerprint density at radius 3 is 3.05 bits per heavy atom. The van der Waals surface area contributed by atoms with Crippen molar-refractivity contribution in [3.05, 3.63) is 0 Å².